The fourth-order valence-corrected chi connectivity index (χ4v) is 3.09. The van der Waals surface area contributed by atoms with Crippen molar-refractivity contribution >= 4 is 0 Å². The molecule has 1 heterocycles. The van der Waals surface area contributed by atoms with Crippen LogP contribution in [0.5, 0.6) is 0 Å². The number of hydrogen-bond donors (Lipinski definition) is 3. The topological polar surface area (TPSA) is 61.5 Å². The van der Waals surface area contributed by atoms with Gasteiger partial charge in [0.15, 0.2) is 0 Å². The SMILES string of the molecule is CCC(O)CC1CC(NC2CC2)CN(CCN)C1. The van der Waals surface area contributed by atoms with Gasteiger partial charge in [0, 0.05) is 38.3 Å². The lowest BCUT2D eigenvalue weighted by atomic mass is 9.89. The molecule has 1 saturated heterocycles. The summed E-state index contributed by atoms with van der Waals surface area (Å²) in [6.45, 7) is 6.02. The normalized spacial score (nSPS) is 31.5. The molecule has 1 aliphatic carbocycles. The largest absolute Gasteiger partial charge is 0.393 e. The molecule has 106 valence electrons. The van der Waals surface area contributed by atoms with E-state index in [1.54, 1.807) is 0 Å². The predicted molar refractivity (Wildman–Crippen MR) is 74.5 cm³/mol. The smallest absolute Gasteiger partial charge is 0.0540 e. The van der Waals surface area contributed by atoms with E-state index < -0.39 is 0 Å². The Kier molecular flexibility index (Phi) is 5.42. The minimum Gasteiger partial charge on any atom is -0.393 e. The van der Waals surface area contributed by atoms with Gasteiger partial charge in [-0.05, 0) is 38.0 Å². The number of piperidine rings is 1. The van der Waals surface area contributed by atoms with E-state index in [0.717, 1.165) is 45.1 Å². The number of rotatable bonds is 7. The molecule has 4 heteroatoms. The van der Waals surface area contributed by atoms with Gasteiger partial charge in [0.1, 0.15) is 0 Å². The third-order valence-electron chi connectivity index (χ3n) is 4.18. The molecule has 2 aliphatic rings. The Bertz CT molecular complexity index is 245. The van der Waals surface area contributed by atoms with Crippen LogP contribution in [-0.2, 0) is 0 Å². The Hall–Kier alpha value is -0.160. The van der Waals surface area contributed by atoms with Crippen LogP contribution in [0.25, 0.3) is 0 Å². The third-order valence-corrected chi connectivity index (χ3v) is 4.18. The van der Waals surface area contributed by atoms with Gasteiger partial charge >= 0.3 is 0 Å². The quantitative estimate of drug-likeness (QED) is 0.622. The average Bonchev–Trinajstić information content (AvgIpc) is 3.13. The number of aliphatic hydroxyl groups is 1. The van der Waals surface area contributed by atoms with Gasteiger partial charge in [0.05, 0.1) is 6.10 Å². The summed E-state index contributed by atoms with van der Waals surface area (Å²) in [6.07, 6.45) is 5.59. The number of nitrogens with one attached hydrogen (secondary N) is 1. The van der Waals surface area contributed by atoms with Crippen LogP contribution in [-0.4, -0.2) is 54.4 Å². The summed E-state index contributed by atoms with van der Waals surface area (Å²) in [5.74, 6) is 0.622. The molecule has 0 spiro atoms. The zero-order chi connectivity index (χ0) is 13.0. The van der Waals surface area contributed by atoms with E-state index in [2.05, 4.69) is 17.1 Å². The fraction of sp³-hybridized carbons (Fsp3) is 1.00. The van der Waals surface area contributed by atoms with E-state index in [-0.39, 0.29) is 6.10 Å². The molecular weight excluding hydrogens is 226 g/mol. The number of nitrogens with two attached hydrogens (primary N) is 1. The molecule has 0 amide bonds. The molecule has 0 bridgehead atoms. The van der Waals surface area contributed by atoms with Gasteiger partial charge in [-0.25, -0.2) is 0 Å². The standard InChI is InChI=1S/C14H29N3O/c1-2-14(18)8-11-7-13(16-12-3-4-12)10-17(9-11)6-5-15/h11-14,16,18H,2-10,15H2,1H3. The number of aliphatic hydroxyl groups excluding tert-OH is 1. The van der Waals surface area contributed by atoms with Crippen LogP contribution in [0.1, 0.15) is 39.0 Å². The van der Waals surface area contributed by atoms with E-state index in [0.29, 0.717) is 12.0 Å². The van der Waals surface area contributed by atoms with Crippen LogP contribution in [0.15, 0.2) is 0 Å². The summed E-state index contributed by atoms with van der Waals surface area (Å²) in [5, 5.41) is 13.6. The summed E-state index contributed by atoms with van der Waals surface area (Å²) in [7, 11) is 0. The predicted octanol–water partition coefficient (Wildman–Crippen LogP) is 0.549. The molecule has 0 radical (unpaired) electrons. The van der Waals surface area contributed by atoms with Crippen molar-refractivity contribution in [2.45, 2.75) is 57.2 Å². The maximum Gasteiger partial charge on any atom is 0.0540 e. The molecule has 3 atom stereocenters. The number of likely N-dealkylation sites (tertiary alicyclic amines) is 1. The summed E-state index contributed by atoms with van der Waals surface area (Å²) < 4.78 is 0. The van der Waals surface area contributed by atoms with Crippen LogP contribution in [0.3, 0.4) is 0 Å². The summed E-state index contributed by atoms with van der Waals surface area (Å²) in [6, 6.07) is 1.37. The van der Waals surface area contributed by atoms with Crippen molar-refractivity contribution in [2.24, 2.45) is 11.7 Å². The molecule has 4 nitrogen and oxygen atoms in total. The van der Waals surface area contributed by atoms with Crippen LogP contribution < -0.4 is 11.1 Å². The van der Waals surface area contributed by atoms with Crippen molar-refractivity contribution in [2.75, 3.05) is 26.2 Å². The van der Waals surface area contributed by atoms with Gasteiger partial charge in [-0.2, -0.15) is 0 Å². The molecule has 1 saturated carbocycles. The molecular formula is C14H29N3O. The molecule has 0 aromatic rings. The minimum absolute atomic E-state index is 0.130. The van der Waals surface area contributed by atoms with Gasteiger partial charge in [-0.15, -0.1) is 0 Å². The first-order chi connectivity index (χ1) is 8.71. The molecule has 18 heavy (non-hydrogen) atoms. The number of nitrogens with zero attached hydrogens (tertiary/aromatic N) is 1. The molecule has 4 N–H and O–H groups in total. The fourth-order valence-electron chi connectivity index (χ4n) is 3.09. The molecule has 1 aliphatic heterocycles. The van der Waals surface area contributed by atoms with Crippen LogP contribution >= 0.6 is 0 Å². The zero-order valence-electron chi connectivity index (χ0n) is 11.6. The first-order valence-corrected chi connectivity index (χ1v) is 7.57. The summed E-state index contributed by atoms with van der Waals surface area (Å²) >= 11 is 0. The van der Waals surface area contributed by atoms with E-state index >= 15 is 0 Å². The second-order valence-electron chi connectivity index (χ2n) is 6.09. The van der Waals surface area contributed by atoms with Crippen molar-refractivity contribution in [1.82, 2.24) is 10.2 Å². The maximum absolute atomic E-state index is 9.84. The lowest BCUT2D eigenvalue weighted by Crippen LogP contribution is -2.51. The van der Waals surface area contributed by atoms with Crippen LogP contribution in [0, 0.1) is 5.92 Å². The molecule has 2 fully saturated rings. The molecule has 2 rings (SSSR count). The highest BCUT2D eigenvalue weighted by molar-refractivity contribution is 4.90. The highest BCUT2D eigenvalue weighted by Gasteiger charge is 2.31. The van der Waals surface area contributed by atoms with Gasteiger partial charge < -0.3 is 21.1 Å². The highest BCUT2D eigenvalue weighted by atomic mass is 16.3. The highest BCUT2D eigenvalue weighted by Crippen LogP contribution is 2.26. The Morgan fingerprint density at radius 1 is 1.33 bits per heavy atom. The van der Waals surface area contributed by atoms with E-state index in [4.69, 9.17) is 5.73 Å². The lowest BCUT2D eigenvalue weighted by molar-refractivity contribution is 0.0849. The van der Waals surface area contributed by atoms with Gasteiger partial charge in [-0.3, -0.25) is 0 Å². The Morgan fingerprint density at radius 3 is 2.72 bits per heavy atom. The Morgan fingerprint density at radius 2 is 2.11 bits per heavy atom. The van der Waals surface area contributed by atoms with Crippen LogP contribution in [0.2, 0.25) is 0 Å². The second-order valence-corrected chi connectivity index (χ2v) is 6.09. The van der Waals surface area contributed by atoms with E-state index in [9.17, 15) is 5.11 Å². The van der Waals surface area contributed by atoms with E-state index in [1.807, 2.05) is 0 Å². The third kappa shape index (κ3) is 4.50. The van der Waals surface area contributed by atoms with Crippen molar-refractivity contribution < 1.29 is 5.11 Å². The molecule has 3 unspecified atom stereocenters. The van der Waals surface area contributed by atoms with Gasteiger partial charge in [0.25, 0.3) is 0 Å². The van der Waals surface area contributed by atoms with Crippen molar-refractivity contribution in [3.8, 4) is 0 Å². The Balaban J connectivity index is 1.83. The molecule has 0 aromatic heterocycles. The van der Waals surface area contributed by atoms with Crippen molar-refractivity contribution in [3.05, 3.63) is 0 Å². The first-order valence-electron chi connectivity index (χ1n) is 7.57. The summed E-state index contributed by atoms with van der Waals surface area (Å²) in [5.41, 5.74) is 5.68. The first kappa shape index (κ1) is 14.3. The second kappa shape index (κ2) is 6.85. The average molecular weight is 255 g/mol. The molecule has 0 aromatic carbocycles. The number of hydrogen-bond acceptors (Lipinski definition) is 4. The van der Waals surface area contributed by atoms with Crippen molar-refractivity contribution in [3.63, 3.8) is 0 Å². The summed E-state index contributed by atoms with van der Waals surface area (Å²) in [4.78, 5) is 2.47. The minimum atomic E-state index is -0.130. The Labute approximate surface area is 111 Å². The maximum atomic E-state index is 9.84. The zero-order valence-corrected chi connectivity index (χ0v) is 11.6. The van der Waals surface area contributed by atoms with Crippen LogP contribution in [0.4, 0.5) is 0 Å². The monoisotopic (exact) mass is 255 g/mol. The lowest BCUT2D eigenvalue weighted by Gasteiger charge is -2.39. The van der Waals surface area contributed by atoms with E-state index in [1.165, 1.54) is 19.3 Å². The van der Waals surface area contributed by atoms with Gasteiger partial charge in [-0.1, -0.05) is 6.92 Å². The van der Waals surface area contributed by atoms with Crippen molar-refractivity contribution in [1.29, 1.82) is 0 Å². The van der Waals surface area contributed by atoms with Gasteiger partial charge in [0.2, 0.25) is 0 Å².